The molecule has 4 heteroatoms. The van der Waals surface area contributed by atoms with E-state index in [0.717, 1.165) is 17.9 Å². The third kappa shape index (κ3) is 3.57. The highest BCUT2D eigenvalue weighted by Crippen LogP contribution is 2.30. The quantitative estimate of drug-likeness (QED) is 0.764. The van der Waals surface area contributed by atoms with E-state index in [1.54, 1.807) is 12.1 Å². The second-order valence-corrected chi connectivity index (χ2v) is 5.57. The van der Waals surface area contributed by atoms with Crippen LogP contribution < -0.4 is 4.74 Å². The van der Waals surface area contributed by atoms with Crippen LogP contribution in [-0.2, 0) is 0 Å². The maximum atomic E-state index is 10.8. The van der Waals surface area contributed by atoms with Gasteiger partial charge in [-0.2, -0.15) is 0 Å². The largest absolute Gasteiger partial charge is 0.491 e. The number of hydrogen-bond acceptors (Lipinski definition) is 4. The number of aldehydes is 1. The first-order chi connectivity index (χ1) is 10.9. The van der Waals surface area contributed by atoms with Gasteiger partial charge in [-0.25, -0.2) is 0 Å². The van der Waals surface area contributed by atoms with Gasteiger partial charge in [0, 0.05) is 6.54 Å². The number of rotatable bonds is 6. The highest BCUT2D eigenvalue weighted by molar-refractivity contribution is 5.74. The Kier molecular flexibility index (Phi) is 4.91. The lowest BCUT2D eigenvalue weighted by atomic mass is 10.1. The number of nitrogens with zero attached hydrogens (tertiary/aromatic N) is 1. The topological polar surface area (TPSA) is 42.7 Å². The van der Waals surface area contributed by atoms with Crippen molar-refractivity contribution in [2.75, 3.05) is 26.2 Å². The molecule has 22 heavy (non-hydrogen) atoms. The monoisotopic (exact) mass is 299 g/mol. The lowest BCUT2D eigenvalue weighted by Crippen LogP contribution is -2.33. The molecule has 0 N–H and O–H groups in total. The van der Waals surface area contributed by atoms with E-state index >= 15 is 0 Å². The van der Waals surface area contributed by atoms with Crippen molar-refractivity contribution in [3.63, 3.8) is 0 Å². The standard InChI is InChI=1S/C18H21NO3/c20-14-15-8-9-18(22-15)16-6-2-3-7-17(16)21-13-12-19-10-4-1-5-11-19/h2-3,6-9,14H,1,4-5,10-13H2. The molecule has 1 saturated heterocycles. The van der Waals surface area contributed by atoms with E-state index in [1.165, 1.54) is 32.4 Å². The SMILES string of the molecule is O=Cc1ccc(-c2ccccc2OCCN2CCCCC2)o1. The van der Waals surface area contributed by atoms with Gasteiger partial charge < -0.3 is 9.15 Å². The number of benzene rings is 1. The number of ether oxygens (including phenoxy) is 1. The number of piperidine rings is 1. The number of para-hydroxylation sites is 1. The molecule has 1 aliphatic heterocycles. The molecule has 1 aliphatic rings. The van der Waals surface area contributed by atoms with Crippen LogP contribution in [-0.4, -0.2) is 37.4 Å². The molecular formula is C18H21NO3. The lowest BCUT2D eigenvalue weighted by molar-refractivity contribution is 0.110. The number of likely N-dealkylation sites (tertiary alicyclic amines) is 1. The first-order valence-corrected chi connectivity index (χ1v) is 7.86. The molecule has 1 aromatic carbocycles. The molecule has 1 aromatic heterocycles. The average Bonchev–Trinajstić information content (AvgIpc) is 3.05. The summed E-state index contributed by atoms with van der Waals surface area (Å²) in [4.78, 5) is 13.2. The highest BCUT2D eigenvalue weighted by Gasteiger charge is 2.12. The van der Waals surface area contributed by atoms with Gasteiger partial charge >= 0.3 is 0 Å². The van der Waals surface area contributed by atoms with Gasteiger partial charge in [0.15, 0.2) is 12.0 Å². The van der Waals surface area contributed by atoms with Gasteiger partial charge in [-0.15, -0.1) is 0 Å². The van der Waals surface area contributed by atoms with E-state index in [2.05, 4.69) is 4.90 Å². The summed E-state index contributed by atoms with van der Waals surface area (Å²) in [7, 11) is 0. The summed E-state index contributed by atoms with van der Waals surface area (Å²) in [6.07, 6.45) is 4.63. The van der Waals surface area contributed by atoms with Crippen LogP contribution in [0.4, 0.5) is 0 Å². The lowest BCUT2D eigenvalue weighted by Gasteiger charge is -2.26. The molecule has 0 spiro atoms. The van der Waals surface area contributed by atoms with Crippen LogP contribution in [0.15, 0.2) is 40.8 Å². The Morgan fingerprint density at radius 3 is 2.68 bits per heavy atom. The minimum Gasteiger partial charge on any atom is -0.491 e. The van der Waals surface area contributed by atoms with E-state index in [9.17, 15) is 4.79 Å². The summed E-state index contributed by atoms with van der Waals surface area (Å²) >= 11 is 0. The summed E-state index contributed by atoms with van der Waals surface area (Å²) in [6, 6.07) is 11.3. The van der Waals surface area contributed by atoms with Gasteiger partial charge in [0.1, 0.15) is 18.1 Å². The summed E-state index contributed by atoms with van der Waals surface area (Å²) < 4.78 is 11.4. The van der Waals surface area contributed by atoms with Crippen LogP contribution in [0.3, 0.4) is 0 Å². The molecule has 0 saturated carbocycles. The van der Waals surface area contributed by atoms with Crippen LogP contribution in [0.2, 0.25) is 0 Å². The Labute approximate surface area is 130 Å². The molecule has 1 fully saturated rings. The van der Waals surface area contributed by atoms with Crippen molar-refractivity contribution < 1.29 is 13.9 Å². The molecule has 2 heterocycles. The second-order valence-electron chi connectivity index (χ2n) is 5.57. The summed E-state index contributed by atoms with van der Waals surface area (Å²) in [5.41, 5.74) is 0.884. The van der Waals surface area contributed by atoms with Crippen LogP contribution in [0.25, 0.3) is 11.3 Å². The third-order valence-electron chi connectivity index (χ3n) is 4.01. The average molecular weight is 299 g/mol. The van der Waals surface area contributed by atoms with Crippen LogP contribution in [0, 0.1) is 0 Å². The highest BCUT2D eigenvalue weighted by atomic mass is 16.5. The molecule has 4 nitrogen and oxygen atoms in total. The maximum absolute atomic E-state index is 10.8. The molecular weight excluding hydrogens is 278 g/mol. The van der Waals surface area contributed by atoms with Crippen LogP contribution >= 0.6 is 0 Å². The fourth-order valence-electron chi connectivity index (χ4n) is 2.82. The summed E-state index contributed by atoms with van der Waals surface area (Å²) in [5, 5.41) is 0. The fourth-order valence-corrected chi connectivity index (χ4v) is 2.82. The smallest absolute Gasteiger partial charge is 0.185 e. The van der Waals surface area contributed by atoms with E-state index in [1.807, 2.05) is 24.3 Å². The Balaban J connectivity index is 1.64. The van der Waals surface area contributed by atoms with E-state index in [4.69, 9.17) is 9.15 Å². The number of carbonyl (C=O) groups is 1. The zero-order chi connectivity index (χ0) is 15.2. The number of carbonyl (C=O) groups excluding carboxylic acids is 1. The number of hydrogen-bond donors (Lipinski definition) is 0. The van der Waals surface area contributed by atoms with Crippen molar-refractivity contribution in [1.29, 1.82) is 0 Å². The Morgan fingerprint density at radius 1 is 1.09 bits per heavy atom. The van der Waals surface area contributed by atoms with Crippen LogP contribution in [0.5, 0.6) is 5.75 Å². The normalized spacial score (nSPS) is 15.6. The van der Waals surface area contributed by atoms with Gasteiger partial charge in [-0.05, 0) is 50.2 Å². The fraction of sp³-hybridized carbons (Fsp3) is 0.389. The van der Waals surface area contributed by atoms with E-state index in [0.29, 0.717) is 24.4 Å². The Bertz CT molecular complexity index is 614. The molecule has 0 aliphatic carbocycles. The van der Waals surface area contributed by atoms with Gasteiger partial charge in [0.2, 0.25) is 0 Å². The zero-order valence-electron chi connectivity index (χ0n) is 12.7. The minimum absolute atomic E-state index is 0.332. The predicted molar refractivity (Wildman–Crippen MR) is 85.3 cm³/mol. The van der Waals surface area contributed by atoms with E-state index < -0.39 is 0 Å². The molecule has 0 radical (unpaired) electrons. The molecule has 116 valence electrons. The molecule has 0 atom stereocenters. The predicted octanol–water partition coefficient (Wildman–Crippen LogP) is 3.62. The van der Waals surface area contributed by atoms with Crippen molar-refractivity contribution >= 4 is 6.29 Å². The molecule has 0 unspecified atom stereocenters. The number of furan rings is 1. The Morgan fingerprint density at radius 2 is 1.91 bits per heavy atom. The first kappa shape index (κ1) is 14.9. The third-order valence-corrected chi connectivity index (χ3v) is 4.01. The summed E-state index contributed by atoms with van der Waals surface area (Å²) in [5.74, 6) is 1.79. The van der Waals surface area contributed by atoms with Gasteiger partial charge in [0.25, 0.3) is 0 Å². The van der Waals surface area contributed by atoms with Gasteiger partial charge in [-0.1, -0.05) is 18.6 Å². The summed E-state index contributed by atoms with van der Waals surface area (Å²) in [6.45, 7) is 3.96. The van der Waals surface area contributed by atoms with Crippen molar-refractivity contribution in [2.24, 2.45) is 0 Å². The van der Waals surface area contributed by atoms with Crippen molar-refractivity contribution in [2.45, 2.75) is 19.3 Å². The molecule has 2 aromatic rings. The Hall–Kier alpha value is -2.07. The van der Waals surface area contributed by atoms with Gasteiger partial charge in [-0.3, -0.25) is 9.69 Å². The first-order valence-electron chi connectivity index (χ1n) is 7.86. The molecule has 3 rings (SSSR count). The van der Waals surface area contributed by atoms with Crippen molar-refractivity contribution in [1.82, 2.24) is 4.90 Å². The maximum Gasteiger partial charge on any atom is 0.185 e. The minimum atomic E-state index is 0.332. The van der Waals surface area contributed by atoms with Crippen LogP contribution in [0.1, 0.15) is 29.8 Å². The van der Waals surface area contributed by atoms with Gasteiger partial charge in [0.05, 0.1) is 5.56 Å². The zero-order valence-corrected chi connectivity index (χ0v) is 12.7. The van der Waals surface area contributed by atoms with Crippen molar-refractivity contribution in [3.8, 4) is 17.1 Å². The molecule has 0 bridgehead atoms. The molecule has 0 amide bonds. The second kappa shape index (κ2) is 7.27. The van der Waals surface area contributed by atoms with E-state index in [-0.39, 0.29) is 0 Å². The van der Waals surface area contributed by atoms with Crippen molar-refractivity contribution in [3.05, 3.63) is 42.2 Å².